The quantitative estimate of drug-likeness (QED) is 0.644. The van der Waals surface area contributed by atoms with E-state index in [2.05, 4.69) is 27.7 Å². The Balaban J connectivity index is 2.56. The van der Waals surface area contributed by atoms with Gasteiger partial charge in [0, 0.05) is 0 Å². The molecule has 0 spiro atoms. The van der Waals surface area contributed by atoms with Crippen LogP contribution < -0.4 is 4.65 Å². The SMILES string of the molecule is CC(C)CB(CC(C)C)Oc1ccccc1. The van der Waals surface area contributed by atoms with Crippen LogP contribution >= 0.6 is 0 Å². The molecule has 0 aliphatic heterocycles. The molecule has 88 valence electrons. The van der Waals surface area contributed by atoms with E-state index in [0.717, 1.165) is 18.4 Å². The third-order valence-electron chi connectivity index (χ3n) is 2.51. The van der Waals surface area contributed by atoms with Crippen molar-refractivity contribution in [1.29, 1.82) is 0 Å². The van der Waals surface area contributed by atoms with Crippen LogP contribution in [0.2, 0.25) is 12.6 Å². The molecule has 0 atom stereocenters. The van der Waals surface area contributed by atoms with E-state index in [1.54, 1.807) is 0 Å². The lowest BCUT2D eigenvalue weighted by atomic mass is 9.56. The molecule has 0 amide bonds. The highest BCUT2D eigenvalue weighted by Gasteiger charge is 2.20. The van der Waals surface area contributed by atoms with Crippen LogP contribution in [-0.2, 0) is 0 Å². The summed E-state index contributed by atoms with van der Waals surface area (Å²) in [4.78, 5) is 0. The Labute approximate surface area is 100 Å². The second-order valence-corrected chi connectivity index (χ2v) is 5.31. The maximum absolute atomic E-state index is 6.04. The van der Waals surface area contributed by atoms with E-state index < -0.39 is 0 Å². The van der Waals surface area contributed by atoms with E-state index in [1.165, 1.54) is 0 Å². The minimum absolute atomic E-state index is 0.349. The van der Waals surface area contributed by atoms with Gasteiger partial charge in [0.25, 0.3) is 0 Å². The summed E-state index contributed by atoms with van der Waals surface area (Å²) in [5, 5.41) is 0. The van der Waals surface area contributed by atoms with Crippen molar-refractivity contribution in [3.63, 3.8) is 0 Å². The normalized spacial score (nSPS) is 10.9. The first-order valence-electron chi connectivity index (χ1n) is 6.29. The maximum Gasteiger partial charge on any atom is 0.358 e. The van der Waals surface area contributed by atoms with Gasteiger partial charge in [0.1, 0.15) is 0 Å². The molecule has 0 aliphatic rings. The highest BCUT2D eigenvalue weighted by atomic mass is 16.4. The molecule has 0 N–H and O–H groups in total. The molecular formula is C14H23BO. The van der Waals surface area contributed by atoms with E-state index >= 15 is 0 Å². The van der Waals surface area contributed by atoms with Crippen LogP contribution in [0.1, 0.15) is 27.7 Å². The van der Waals surface area contributed by atoms with Crippen LogP contribution in [0.3, 0.4) is 0 Å². The van der Waals surface area contributed by atoms with Crippen molar-refractivity contribution in [1.82, 2.24) is 0 Å². The molecule has 0 heterocycles. The van der Waals surface area contributed by atoms with Gasteiger partial charge in [0.2, 0.25) is 0 Å². The van der Waals surface area contributed by atoms with Crippen molar-refractivity contribution in [2.45, 2.75) is 40.3 Å². The summed E-state index contributed by atoms with van der Waals surface area (Å²) < 4.78 is 6.04. The first kappa shape index (κ1) is 13.2. The van der Waals surface area contributed by atoms with Crippen LogP contribution in [0.15, 0.2) is 30.3 Å². The molecule has 0 radical (unpaired) electrons. The molecule has 1 aromatic rings. The molecule has 2 heteroatoms. The fourth-order valence-corrected chi connectivity index (χ4v) is 1.94. The largest absolute Gasteiger partial charge is 0.561 e. The predicted octanol–water partition coefficient (Wildman–Crippen LogP) is 4.37. The van der Waals surface area contributed by atoms with Gasteiger partial charge in [0.05, 0.1) is 5.75 Å². The van der Waals surface area contributed by atoms with Crippen molar-refractivity contribution in [2.24, 2.45) is 11.8 Å². The van der Waals surface area contributed by atoms with Gasteiger partial charge < -0.3 is 4.65 Å². The fraction of sp³-hybridized carbons (Fsp3) is 0.571. The fourth-order valence-electron chi connectivity index (χ4n) is 1.94. The van der Waals surface area contributed by atoms with E-state index in [9.17, 15) is 0 Å². The topological polar surface area (TPSA) is 9.23 Å². The summed E-state index contributed by atoms with van der Waals surface area (Å²) >= 11 is 0. The van der Waals surface area contributed by atoms with E-state index in [-0.39, 0.29) is 0 Å². The molecule has 0 unspecified atom stereocenters. The van der Waals surface area contributed by atoms with Crippen LogP contribution in [0, 0.1) is 11.8 Å². The third-order valence-corrected chi connectivity index (χ3v) is 2.51. The van der Waals surface area contributed by atoms with Gasteiger partial charge >= 0.3 is 6.92 Å². The second kappa shape index (κ2) is 6.62. The monoisotopic (exact) mass is 218 g/mol. The van der Waals surface area contributed by atoms with Crippen LogP contribution in [0.25, 0.3) is 0 Å². The molecule has 16 heavy (non-hydrogen) atoms. The molecule has 0 saturated heterocycles. The molecule has 0 aromatic heterocycles. The Bertz CT molecular complexity index is 272. The van der Waals surface area contributed by atoms with Crippen molar-refractivity contribution >= 4 is 6.92 Å². The average molecular weight is 218 g/mol. The van der Waals surface area contributed by atoms with Gasteiger partial charge in [0.15, 0.2) is 0 Å². The highest BCUT2D eigenvalue weighted by molar-refractivity contribution is 6.52. The molecule has 1 aromatic carbocycles. The molecule has 1 nitrogen and oxygen atoms in total. The molecule has 0 saturated carbocycles. The van der Waals surface area contributed by atoms with Gasteiger partial charge in [-0.1, -0.05) is 57.7 Å². The highest BCUT2D eigenvalue weighted by Crippen LogP contribution is 2.19. The third kappa shape index (κ3) is 5.25. The minimum Gasteiger partial charge on any atom is -0.561 e. The summed E-state index contributed by atoms with van der Waals surface area (Å²) in [6.07, 6.45) is 2.26. The number of hydrogen-bond acceptors (Lipinski definition) is 1. The minimum atomic E-state index is 0.349. The summed E-state index contributed by atoms with van der Waals surface area (Å²) in [5.41, 5.74) is 0. The number of benzene rings is 1. The Kier molecular flexibility index (Phi) is 5.44. The van der Waals surface area contributed by atoms with E-state index in [0.29, 0.717) is 18.8 Å². The van der Waals surface area contributed by atoms with Gasteiger partial charge in [-0.25, -0.2) is 0 Å². The number of hydrogen-bond donors (Lipinski definition) is 0. The number of rotatable bonds is 6. The average Bonchev–Trinajstić information content (AvgIpc) is 2.16. The molecule has 0 bridgehead atoms. The lowest BCUT2D eigenvalue weighted by Gasteiger charge is -2.19. The molecule has 1 rings (SSSR count). The van der Waals surface area contributed by atoms with E-state index in [4.69, 9.17) is 4.65 Å². The Morgan fingerprint density at radius 3 is 1.88 bits per heavy atom. The smallest absolute Gasteiger partial charge is 0.358 e. The summed E-state index contributed by atoms with van der Waals surface area (Å²) in [7, 11) is 0. The molecular weight excluding hydrogens is 195 g/mol. The predicted molar refractivity (Wildman–Crippen MR) is 72.1 cm³/mol. The zero-order chi connectivity index (χ0) is 12.0. The second-order valence-electron chi connectivity index (χ2n) is 5.31. The van der Waals surface area contributed by atoms with Crippen LogP contribution in [0.4, 0.5) is 0 Å². The Morgan fingerprint density at radius 2 is 1.44 bits per heavy atom. The lowest BCUT2D eigenvalue weighted by Crippen LogP contribution is -2.25. The zero-order valence-corrected chi connectivity index (χ0v) is 10.9. The zero-order valence-electron chi connectivity index (χ0n) is 10.9. The van der Waals surface area contributed by atoms with Crippen molar-refractivity contribution in [3.05, 3.63) is 30.3 Å². The van der Waals surface area contributed by atoms with Crippen molar-refractivity contribution in [3.8, 4) is 5.75 Å². The van der Waals surface area contributed by atoms with Gasteiger partial charge in [-0.2, -0.15) is 0 Å². The van der Waals surface area contributed by atoms with Crippen molar-refractivity contribution in [2.75, 3.05) is 0 Å². The summed E-state index contributed by atoms with van der Waals surface area (Å²) in [6.45, 7) is 9.36. The van der Waals surface area contributed by atoms with Gasteiger partial charge in [-0.05, 0) is 24.8 Å². The maximum atomic E-state index is 6.04. The Hall–Kier alpha value is -0.915. The summed E-state index contributed by atoms with van der Waals surface area (Å²) in [6, 6.07) is 10.1. The summed E-state index contributed by atoms with van der Waals surface area (Å²) in [5.74, 6) is 2.37. The first-order chi connectivity index (χ1) is 7.58. The lowest BCUT2D eigenvalue weighted by molar-refractivity contribution is 0.526. The molecule has 0 fully saturated rings. The van der Waals surface area contributed by atoms with Gasteiger partial charge in [-0.15, -0.1) is 0 Å². The Morgan fingerprint density at radius 1 is 0.938 bits per heavy atom. The van der Waals surface area contributed by atoms with E-state index in [1.807, 2.05) is 30.3 Å². The van der Waals surface area contributed by atoms with Crippen molar-refractivity contribution < 1.29 is 4.65 Å². The van der Waals surface area contributed by atoms with Gasteiger partial charge in [-0.3, -0.25) is 0 Å². The number of para-hydroxylation sites is 1. The first-order valence-corrected chi connectivity index (χ1v) is 6.29. The van der Waals surface area contributed by atoms with Crippen LogP contribution in [-0.4, -0.2) is 6.92 Å². The standard InChI is InChI=1S/C14H23BO/c1-12(2)10-15(11-13(3)4)16-14-8-6-5-7-9-14/h5-9,12-13H,10-11H2,1-4H3. The molecule has 0 aliphatic carbocycles. The van der Waals surface area contributed by atoms with Crippen LogP contribution in [0.5, 0.6) is 5.75 Å².